The van der Waals surface area contributed by atoms with Gasteiger partial charge in [0.25, 0.3) is 0 Å². The summed E-state index contributed by atoms with van der Waals surface area (Å²) in [6.45, 7) is 2.21. The van der Waals surface area contributed by atoms with Crippen LogP contribution in [0, 0.1) is 0 Å². The molecule has 116 valence electrons. The Kier molecular flexibility index (Phi) is 11.9. The van der Waals surface area contributed by atoms with E-state index in [2.05, 4.69) is 6.92 Å². The third-order valence-electron chi connectivity index (χ3n) is 3.31. The summed E-state index contributed by atoms with van der Waals surface area (Å²) in [6, 6.07) is 0. The fourth-order valence-corrected chi connectivity index (χ4v) is 2.13. The van der Waals surface area contributed by atoms with Gasteiger partial charge in [0, 0.05) is 5.57 Å². The van der Waals surface area contributed by atoms with Gasteiger partial charge in [0.15, 0.2) is 0 Å². The minimum Gasteiger partial charge on any atom is -0.481 e. The number of allylic oxidation sites excluding steroid dienone is 1. The molecule has 0 atom stereocenters. The quantitative estimate of drug-likeness (QED) is 0.388. The Balaban J connectivity index is 3.58. The lowest BCUT2D eigenvalue weighted by Crippen LogP contribution is -2.06. The standard InChI is InChI=1S/C16H28O4/c1-2-3-4-5-6-7-8-9-10-11-12-14(16(19)20)13-15(17)18/h12H,2-11,13H2,1H3,(H,17,18)(H,19,20)/b14-12+. The van der Waals surface area contributed by atoms with Crippen molar-refractivity contribution < 1.29 is 19.8 Å². The summed E-state index contributed by atoms with van der Waals surface area (Å²) >= 11 is 0. The molecule has 0 aromatic carbocycles. The molecule has 0 aromatic heterocycles. The second-order valence-electron chi connectivity index (χ2n) is 5.22. The molecular formula is C16H28O4. The van der Waals surface area contributed by atoms with Crippen molar-refractivity contribution in [3.8, 4) is 0 Å². The van der Waals surface area contributed by atoms with E-state index < -0.39 is 18.4 Å². The van der Waals surface area contributed by atoms with E-state index in [0.717, 1.165) is 12.8 Å². The maximum Gasteiger partial charge on any atom is 0.331 e. The molecule has 0 aliphatic rings. The van der Waals surface area contributed by atoms with Crippen molar-refractivity contribution in [1.82, 2.24) is 0 Å². The molecule has 0 saturated carbocycles. The molecule has 0 rings (SSSR count). The van der Waals surface area contributed by atoms with E-state index in [4.69, 9.17) is 10.2 Å². The molecule has 0 fully saturated rings. The number of hydrogen-bond donors (Lipinski definition) is 2. The first-order valence-electron chi connectivity index (χ1n) is 7.72. The fraction of sp³-hybridized carbons (Fsp3) is 0.750. The van der Waals surface area contributed by atoms with Gasteiger partial charge in [-0.25, -0.2) is 4.79 Å². The number of hydrogen-bond acceptors (Lipinski definition) is 2. The van der Waals surface area contributed by atoms with Gasteiger partial charge in [-0.1, -0.05) is 64.4 Å². The second kappa shape index (κ2) is 12.7. The number of aliphatic carboxylic acids is 2. The maximum absolute atomic E-state index is 10.8. The molecule has 4 nitrogen and oxygen atoms in total. The average Bonchev–Trinajstić information content (AvgIpc) is 2.39. The Hall–Kier alpha value is -1.32. The largest absolute Gasteiger partial charge is 0.481 e. The van der Waals surface area contributed by atoms with Crippen LogP contribution >= 0.6 is 0 Å². The Labute approximate surface area is 121 Å². The molecule has 0 unspecified atom stereocenters. The first-order chi connectivity index (χ1) is 9.57. The van der Waals surface area contributed by atoms with Crippen molar-refractivity contribution in [2.45, 2.75) is 77.6 Å². The summed E-state index contributed by atoms with van der Waals surface area (Å²) in [5.41, 5.74) is -0.00272. The lowest BCUT2D eigenvalue weighted by molar-refractivity contribution is -0.139. The van der Waals surface area contributed by atoms with Crippen LogP contribution in [0.25, 0.3) is 0 Å². The molecule has 0 saturated heterocycles. The van der Waals surface area contributed by atoms with Gasteiger partial charge in [0.05, 0.1) is 6.42 Å². The third kappa shape index (κ3) is 11.8. The highest BCUT2D eigenvalue weighted by Gasteiger charge is 2.10. The minimum atomic E-state index is -1.12. The predicted octanol–water partition coefficient (Wildman–Crippen LogP) is 4.39. The molecule has 0 aliphatic carbocycles. The SMILES string of the molecule is CCCCCCCCCCC/C=C(\CC(=O)O)C(=O)O. The molecule has 0 heterocycles. The molecule has 0 amide bonds. The number of rotatable bonds is 13. The Morgan fingerprint density at radius 1 is 0.850 bits per heavy atom. The van der Waals surface area contributed by atoms with Crippen molar-refractivity contribution in [2.75, 3.05) is 0 Å². The molecule has 2 N–H and O–H groups in total. The van der Waals surface area contributed by atoms with Gasteiger partial charge in [0.2, 0.25) is 0 Å². The smallest absolute Gasteiger partial charge is 0.331 e. The normalized spacial score (nSPS) is 11.6. The zero-order chi connectivity index (χ0) is 15.2. The average molecular weight is 284 g/mol. The number of carbonyl (C=O) groups is 2. The van der Waals surface area contributed by atoms with Gasteiger partial charge in [-0.2, -0.15) is 0 Å². The van der Waals surface area contributed by atoms with Crippen LogP contribution in [0.1, 0.15) is 77.6 Å². The molecule has 4 heteroatoms. The van der Waals surface area contributed by atoms with Crippen LogP contribution in [0.5, 0.6) is 0 Å². The van der Waals surface area contributed by atoms with Crippen LogP contribution in [-0.4, -0.2) is 22.2 Å². The maximum atomic E-state index is 10.8. The number of unbranched alkanes of at least 4 members (excludes halogenated alkanes) is 9. The minimum absolute atomic E-state index is 0.00272. The van der Waals surface area contributed by atoms with Gasteiger partial charge in [-0.15, -0.1) is 0 Å². The van der Waals surface area contributed by atoms with Crippen molar-refractivity contribution in [3.05, 3.63) is 11.6 Å². The van der Waals surface area contributed by atoms with Crippen LogP contribution in [0.3, 0.4) is 0 Å². The van der Waals surface area contributed by atoms with Crippen LogP contribution in [0.2, 0.25) is 0 Å². The van der Waals surface area contributed by atoms with Crippen molar-refractivity contribution >= 4 is 11.9 Å². The summed E-state index contributed by atoms with van der Waals surface area (Å²) in [5.74, 6) is -2.21. The van der Waals surface area contributed by atoms with E-state index in [0.29, 0.717) is 6.42 Å². The van der Waals surface area contributed by atoms with Crippen molar-refractivity contribution in [2.24, 2.45) is 0 Å². The molecular weight excluding hydrogens is 256 g/mol. The third-order valence-corrected chi connectivity index (χ3v) is 3.31. The lowest BCUT2D eigenvalue weighted by atomic mass is 10.1. The summed E-state index contributed by atoms with van der Waals surface area (Å²) in [5, 5.41) is 17.4. The van der Waals surface area contributed by atoms with Gasteiger partial charge in [-0.3, -0.25) is 4.79 Å². The Morgan fingerprint density at radius 3 is 1.80 bits per heavy atom. The lowest BCUT2D eigenvalue weighted by Gasteiger charge is -2.01. The van der Waals surface area contributed by atoms with Gasteiger partial charge < -0.3 is 10.2 Å². The van der Waals surface area contributed by atoms with Crippen molar-refractivity contribution in [1.29, 1.82) is 0 Å². The predicted molar refractivity (Wildman–Crippen MR) is 79.8 cm³/mol. The van der Waals surface area contributed by atoms with Crippen LogP contribution < -0.4 is 0 Å². The fourth-order valence-electron chi connectivity index (χ4n) is 2.13. The highest BCUT2D eigenvalue weighted by Crippen LogP contribution is 2.12. The summed E-state index contributed by atoms with van der Waals surface area (Å²) in [7, 11) is 0. The van der Waals surface area contributed by atoms with Gasteiger partial charge in [0.1, 0.15) is 0 Å². The molecule has 0 aromatic rings. The zero-order valence-electron chi connectivity index (χ0n) is 12.6. The molecule has 0 bridgehead atoms. The molecule has 0 aliphatic heterocycles. The monoisotopic (exact) mass is 284 g/mol. The topological polar surface area (TPSA) is 74.6 Å². The highest BCUT2D eigenvalue weighted by atomic mass is 16.4. The van der Waals surface area contributed by atoms with Gasteiger partial charge >= 0.3 is 11.9 Å². The first kappa shape index (κ1) is 18.7. The Morgan fingerprint density at radius 2 is 1.35 bits per heavy atom. The van der Waals surface area contributed by atoms with E-state index in [9.17, 15) is 9.59 Å². The second-order valence-corrected chi connectivity index (χ2v) is 5.22. The van der Waals surface area contributed by atoms with E-state index in [1.807, 2.05) is 0 Å². The van der Waals surface area contributed by atoms with E-state index in [1.165, 1.54) is 44.9 Å². The van der Waals surface area contributed by atoms with Crippen LogP contribution in [0.15, 0.2) is 11.6 Å². The summed E-state index contributed by atoms with van der Waals surface area (Å²) in [4.78, 5) is 21.3. The van der Waals surface area contributed by atoms with Crippen LogP contribution in [-0.2, 0) is 9.59 Å². The first-order valence-corrected chi connectivity index (χ1v) is 7.72. The van der Waals surface area contributed by atoms with Crippen LogP contribution in [0.4, 0.5) is 0 Å². The Bertz CT molecular complexity index is 308. The molecule has 0 radical (unpaired) electrons. The molecule has 0 spiro atoms. The number of carboxylic acid groups (broad SMARTS) is 2. The summed E-state index contributed by atoms with van der Waals surface area (Å²) in [6.07, 6.45) is 12.8. The van der Waals surface area contributed by atoms with E-state index >= 15 is 0 Å². The highest BCUT2D eigenvalue weighted by molar-refractivity contribution is 5.91. The van der Waals surface area contributed by atoms with Gasteiger partial charge in [-0.05, 0) is 12.8 Å². The summed E-state index contributed by atoms with van der Waals surface area (Å²) < 4.78 is 0. The zero-order valence-corrected chi connectivity index (χ0v) is 12.6. The van der Waals surface area contributed by atoms with E-state index in [-0.39, 0.29) is 5.57 Å². The van der Waals surface area contributed by atoms with Crippen molar-refractivity contribution in [3.63, 3.8) is 0 Å². The molecule has 20 heavy (non-hydrogen) atoms. The number of carboxylic acids is 2. The van der Waals surface area contributed by atoms with E-state index in [1.54, 1.807) is 6.08 Å².